The van der Waals surface area contributed by atoms with E-state index in [2.05, 4.69) is 15.7 Å². The minimum atomic E-state index is -0.538. The summed E-state index contributed by atoms with van der Waals surface area (Å²) in [4.78, 5) is 25.4. The second kappa shape index (κ2) is 11.9. The zero-order valence-corrected chi connectivity index (χ0v) is 23.0. The number of alkyl carbamates (subject to hydrolysis) is 1. The van der Waals surface area contributed by atoms with Gasteiger partial charge >= 0.3 is 6.09 Å². The highest BCUT2D eigenvalue weighted by Gasteiger charge is 2.29. The number of carbonyl (C=O) groups is 2. The topological polar surface area (TPSA) is 94.5 Å². The lowest BCUT2D eigenvalue weighted by Gasteiger charge is -2.30. The maximum absolute atomic E-state index is 13.3. The minimum absolute atomic E-state index is 0.00907. The highest BCUT2D eigenvalue weighted by molar-refractivity contribution is 6.34. The number of amides is 2. The molecule has 9 heteroatoms. The third-order valence-corrected chi connectivity index (χ3v) is 6.70. The molecule has 0 radical (unpaired) electrons. The van der Waals surface area contributed by atoms with E-state index >= 15 is 0 Å². The van der Waals surface area contributed by atoms with Crippen molar-refractivity contribution in [2.24, 2.45) is 0 Å². The molecule has 2 amide bonds. The third-order valence-electron chi connectivity index (χ3n) is 6.42. The Kier molecular flexibility index (Phi) is 8.62. The van der Waals surface area contributed by atoms with Crippen LogP contribution >= 0.6 is 11.6 Å². The maximum Gasteiger partial charge on any atom is 0.407 e. The van der Waals surface area contributed by atoms with Crippen LogP contribution in [0.5, 0.6) is 5.75 Å². The number of carbonyl (C=O) groups excluding carboxylic acids is 2. The van der Waals surface area contributed by atoms with Gasteiger partial charge in [-0.05, 0) is 82.7 Å². The van der Waals surface area contributed by atoms with Crippen LogP contribution in [0.15, 0.2) is 54.7 Å². The molecule has 1 aliphatic rings. The average Bonchev–Trinajstić information content (AvgIpc) is 3.25. The number of ether oxygens (including phenoxy) is 2. The fraction of sp³-hybridized carbons (Fsp3) is 0.414. The van der Waals surface area contributed by atoms with E-state index in [-0.39, 0.29) is 18.0 Å². The molecule has 0 unspecified atom stereocenters. The molecule has 1 aromatic heterocycles. The van der Waals surface area contributed by atoms with Gasteiger partial charge in [-0.25, -0.2) is 4.79 Å². The first kappa shape index (κ1) is 27.5. The average molecular weight is 539 g/mol. The maximum atomic E-state index is 13.3. The number of aromatic nitrogens is 2. The molecule has 202 valence electrons. The molecule has 1 saturated carbocycles. The van der Waals surface area contributed by atoms with Crippen molar-refractivity contribution in [3.8, 4) is 5.75 Å². The lowest BCUT2D eigenvalue weighted by atomic mass is 9.91. The van der Waals surface area contributed by atoms with E-state index in [0.717, 1.165) is 42.6 Å². The van der Waals surface area contributed by atoms with E-state index < -0.39 is 11.7 Å². The van der Waals surface area contributed by atoms with Crippen molar-refractivity contribution < 1.29 is 19.1 Å². The summed E-state index contributed by atoms with van der Waals surface area (Å²) in [5.74, 6) is 0.409. The number of aryl methyl sites for hydroxylation is 1. The molecule has 1 fully saturated rings. The van der Waals surface area contributed by atoms with Gasteiger partial charge in [0.25, 0.3) is 5.91 Å². The first-order valence-corrected chi connectivity index (χ1v) is 13.3. The van der Waals surface area contributed by atoms with Gasteiger partial charge in [-0.2, -0.15) is 5.10 Å². The van der Waals surface area contributed by atoms with Gasteiger partial charge in [-0.15, -0.1) is 0 Å². The Balaban J connectivity index is 1.36. The number of nitrogens with zero attached hydrogens (tertiary/aromatic N) is 2. The Morgan fingerprint density at radius 2 is 1.79 bits per heavy atom. The Labute approximate surface area is 228 Å². The molecule has 0 spiro atoms. The Bertz CT molecular complexity index is 1260. The summed E-state index contributed by atoms with van der Waals surface area (Å²) in [6.45, 7) is 7.91. The third kappa shape index (κ3) is 7.28. The zero-order chi connectivity index (χ0) is 27.3. The number of anilines is 1. The van der Waals surface area contributed by atoms with E-state index in [1.807, 2.05) is 76.2 Å². The van der Waals surface area contributed by atoms with E-state index in [0.29, 0.717) is 23.0 Å². The van der Waals surface area contributed by atoms with Crippen LogP contribution in [-0.4, -0.2) is 33.4 Å². The van der Waals surface area contributed by atoms with E-state index in [4.69, 9.17) is 21.1 Å². The molecule has 0 saturated heterocycles. The summed E-state index contributed by atoms with van der Waals surface area (Å²) in [6.07, 6.45) is 4.12. The molecule has 2 N–H and O–H groups in total. The predicted octanol–water partition coefficient (Wildman–Crippen LogP) is 6.68. The van der Waals surface area contributed by atoms with Crippen molar-refractivity contribution in [1.82, 2.24) is 15.1 Å². The molecule has 1 heterocycles. The van der Waals surface area contributed by atoms with Crippen LogP contribution in [0.1, 0.15) is 74.1 Å². The first-order valence-electron chi connectivity index (χ1n) is 12.9. The van der Waals surface area contributed by atoms with Crippen molar-refractivity contribution in [2.45, 2.75) is 77.7 Å². The molecular weight excluding hydrogens is 504 g/mol. The van der Waals surface area contributed by atoms with E-state index in [1.165, 1.54) is 6.20 Å². The zero-order valence-electron chi connectivity index (χ0n) is 22.3. The highest BCUT2D eigenvalue weighted by Crippen LogP contribution is 2.32. The van der Waals surface area contributed by atoms with Gasteiger partial charge < -0.3 is 20.1 Å². The first-order chi connectivity index (χ1) is 18.1. The van der Waals surface area contributed by atoms with E-state index in [1.54, 1.807) is 4.68 Å². The Morgan fingerprint density at radius 1 is 1.08 bits per heavy atom. The van der Waals surface area contributed by atoms with Gasteiger partial charge in [0.05, 0.1) is 17.3 Å². The normalized spacial score (nSPS) is 17.5. The SMILES string of the molecule is Cc1cc(OCc2ccccc2)ccc1NC(=O)c1c(Cl)cnn1C1CCC(NC(=O)OC(C)(C)C)CC1. The molecule has 1 aliphatic carbocycles. The van der Waals surface area contributed by atoms with Crippen LogP contribution in [-0.2, 0) is 11.3 Å². The Morgan fingerprint density at radius 3 is 2.45 bits per heavy atom. The van der Waals surface area contributed by atoms with Gasteiger partial charge in [0.15, 0.2) is 0 Å². The van der Waals surface area contributed by atoms with Gasteiger partial charge in [0.1, 0.15) is 23.7 Å². The molecule has 8 nitrogen and oxygen atoms in total. The van der Waals surface area contributed by atoms with Gasteiger partial charge in [0, 0.05) is 11.7 Å². The van der Waals surface area contributed by atoms with Crippen LogP contribution in [0.4, 0.5) is 10.5 Å². The quantitative estimate of drug-likeness (QED) is 0.349. The second-order valence-corrected chi connectivity index (χ2v) is 11.0. The van der Waals surface area contributed by atoms with Crippen LogP contribution < -0.4 is 15.4 Å². The van der Waals surface area contributed by atoms with Crippen molar-refractivity contribution in [2.75, 3.05) is 5.32 Å². The summed E-state index contributed by atoms with van der Waals surface area (Å²) in [6, 6.07) is 15.5. The van der Waals surface area contributed by atoms with Crippen molar-refractivity contribution >= 4 is 29.3 Å². The van der Waals surface area contributed by atoms with Crippen LogP contribution in [0.25, 0.3) is 0 Å². The molecule has 4 rings (SSSR count). The fourth-order valence-corrected chi connectivity index (χ4v) is 4.77. The molecule has 3 aromatic rings. The van der Waals surface area contributed by atoms with Gasteiger partial charge in [-0.3, -0.25) is 9.48 Å². The van der Waals surface area contributed by atoms with Crippen molar-refractivity contribution in [1.29, 1.82) is 0 Å². The Hall–Kier alpha value is -3.52. The summed E-state index contributed by atoms with van der Waals surface area (Å²) in [5.41, 5.74) is 2.43. The van der Waals surface area contributed by atoms with Crippen LogP contribution in [0.3, 0.4) is 0 Å². The fourth-order valence-electron chi connectivity index (χ4n) is 4.56. The standard InChI is InChI=1S/C29H35ClN4O4/c1-19-16-23(37-18-20-8-6-5-7-9-20)14-15-25(19)33-27(35)26-24(30)17-31-34(26)22-12-10-21(11-13-22)32-28(36)38-29(2,3)4/h5-9,14-17,21-22H,10-13,18H2,1-4H3,(H,32,36)(H,33,35). The monoisotopic (exact) mass is 538 g/mol. The molecule has 2 aromatic carbocycles. The molecule has 0 atom stereocenters. The van der Waals surface area contributed by atoms with Crippen LogP contribution in [0.2, 0.25) is 5.02 Å². The summed E-state index contributed by atoms with van der Waals surface area (Å²) < 4.78 is 13.0. The number of rotatable bonds is 7. The summed E-state index contributed by atoms with van der Waals surface area (Å²) in [5, 5.41) is 10.6. The van der Waals surface area contributed by atoms with Crippen molar-refractivity contribution in [3.05, 3.63) is 76.6 Å². The van der Waals surface area contributed by atoms with Gasteiger partial charge in [0.2, 0.25) is 0 Å². The lowest BCUT2D eigenvalue weighted by Crippen LogP contribution is -2.41. The smallest absolute Gasteiger partial charge is 0.407 e. The number of halogens is 1. The number of hydrogen-bond donors (Lipinski definition) is 2. The van der Waals surface area contributed by atoms with E-state index in [9.17, 15) is 9.59 Å². The number of hydrogen-bond acceptors (Lipinski definition) is 5. The molecule has 38 heavy (non-hydrogen) atoms. The summed E-state index contributed by atoms with van der Waals surface area (Å²) in [7, 11) is 0. The number of benzene rings is 2. The molecule has 0 bridgehead atoms. The second-order valence-electron chi connectivity index (χ2n) is 10.6. The summed E-state index contributed by atoms with van der Waals surface area (Å²) >= 11 is 6.41. The van der Waals surface area contributed by atoms with Gasteiger partial charge in [-0.1, -0.05) is 41.9 Å². The number of nitrogens with one attached hydrogen (secondary N) is 2. The largest absolute Gasteiger partial charge is 0.489 e. The minimum Gasteiger partial charge on any atom is -0.489 e. The highest BCUT2D eigenvalue weighted by atomic mass is 35.5. The van der Waals surface area contributed by atoms with Crippen molar-refractivity contribution in [3.63, 3.8) is 0 Å². The molecule has 0 aliphatic heterocycles. The lowest BCUT2D eigenvalue weighted by molar-refractivity contribution is 0.0487. The predicted molar refractivity (Wildman–Crippen MR) is 148 cm³/mol. The molecular formula is C29H35ClN4O4. The van der Waals surface area contributed by atoms with Crippen LogP contribution in [0, 0.1) is 6.92 Å².